The Bertz CT molecular complexity index is 616. The summed E-state index contributed by atoms with van der Waals surface area (Å²) in [5, 5.41) is 0. The lowest BCUT2D eigenvalue weighted by Gasteiger charge is -2.21. The Hall–Kier alpha value is -1.98. The molecular weight excluding hydrogens is 257 g/mol. The molecule has 2 heterocycles. The van der Waals surface area contributed by atoms with Gasteiger partial charge in [0.1, 0.15) is 17.2 Å². The Morgan fingerprint density at radius 2 is 1.95 bits per heavy atom. The van der Waals surface area contributed by atoms with Gasteiger partial charge in [-0.25, -0.2) is 19.3 Å². The van der Waals surface area contributed by atoms with Crippen LogP contribution in [-0.4, -0.2) is 19.9 Å². The molecule has 0 spiro atoms. The van der Waals surface area contributed by atoms with E-state index in [0.717, 1.165) is 30.6 Å². The van der Waals surface area contributed by atoms with Crippen LogP contribution in [0.2, 0.25) is 0 Å². The minimum atomic E-state index is -0.484. The van der Waals surface area contributed by atoms with Gasteiger partial charge in [0.05, 0.1) is 6.20 Å². The molecule has 0 bridgehead atoms. The molecule has 0 atom stereocenters. The van der Waals surface area contributed by atoms with Gasteiger partial charge in [0.2, 0.25) is 5.95 Å². The number of aromatic amines is 1. The lowest BCUT2D eigenvalue weighted by atomic mass is 9.86. The minimum Gasteiger partial charge on any atom is -0.368 e. The molecule has 5 nitrogen and oxygen atoms in total. The number of rotatable bonds is 2. The summed E-state index contributed by atoms with van der Waals surface area (Å²) in [6.07, 6.45) is 7.00. The predicted molar refractivity (Wildman–Crippen MR) is 74.5 cm³/mol. The van der Waals surface area contributed by atoms with Crippen LogP contribution in [0.4, 0.5) is 10.3 Å². The molecule has 0 unspecified atom stereocenters. The van der Waals surface area contributed by atoms with Crippen molar-refractivity contribution in [2.24, 2.45) is 0 Å². The third kappa shape index (κ3) is 2.37. The summed E-state index contributed by atoms with van der Waals surface area (Å²) in [6.45, 7) is 1.87. The van der Waals surface area contributed by atoms with Crippen molar-refractivity contribution < 1.29 is 4.39 Å². The van der Waals surface area contributed by atoms with Crippen molar-refractivity contribution in [2.75, 3.05) is 5.73 Å². The van der Waals surface area contributed by atoms with E-state index < -0.39 is 5.82 Å². The van der Waals surface area contributed by atoms with Crippen LogP contribution in [0.15, 0.2) is 6.20 Å². The molecule has 3 N–H and O–H groups in total. The second kappa shape index (κ2) is 5.19. The highest BCUT2D eigenvalue weighted by atomic mass is 19.1. The first-order chi connectivity index (χ1) is 9.65. The Morgan fingerprint density at radius 1 is 1.20 bits per heavy atom. The summed E-state index contributed by atoms with van der Waals surface area (Å²) >= 11 is 0. The Morgan fingerprint density at radius 3 is 2.70 bits per heavy atom. The zero-order valence-electron chi connectivity index (χ0n) is 11.5. The molecule has 0 amide bonds. The molecule has 2 aromatic rings. The maximum absolute atomic E-state index is 14.0. The fourth-order valence-corrected chi connectivity index (χ4v) is 2.92. The maximum Gasteiger partial charge on any atom is 0.220 e. The third-order valence-electron chi connectivity index (χ3n) is 3.85. The van der Waals surface area contributed by atoms with Crippen molar-refractivity contribution in [3.05, 3.63) is 23.5 Å². The van der Waals surface area contributed by atoms with Crippen LogP contribution in [0.5, 0.6) is 0 Å². The summed E-state index contributed by atoms with van der Waals surface area (Å²) in [7, 11) is 0. The van der Waals surface area contributed by atoms with Crippen LogP contribution in [-0.2, 0) is 0 Å². The highest BCUT2D eigenvalue weighted by molar-refractivity contribution is 5.60. The van der Waals surface area contributed by atoms with Gasteiger partial charge in [-0.05, 0) is 19.8 Å². The average molecular weight is 275 g/mol. The van der Waals surface area contributed by atoms with E-state index in [1.54, 1.807) is 0 Å². The molecular formula is C14H18FN5. The van der Waals surface area contributed by atoms with Crippen LogP contribution in [0.1, 0.15) is 49.5 Å². The number of halogens is 1. The standard InChI is InChI=1S/C14H18FN5/c1-8-18-11(9-5-3-2-4-6-9)13(19-8)12-10(15)7-17-14(16)20-12/h7,9H,2-6H2,1H3,(H,18,19)(H2,16,17,20). The highest BCUT2D eigenvalue weighted by Crippen LogP contribution is 2.36. The normalized spacial score (nSPS) is 16.5. The molecule has 6 heteroatoms. The van der Waals surface area contributed by atoms with Crippen molar-refractivity contribution in [2.45, 2.75) is 44.9 Å². The quantitative estimate of drug-likeness (QED) is 0.883. The minimum absolute atomic E-state index is 0.0663. The molecule has 1 fully saturated rings. The molecule has 3 rings (SSSR count). The SMILES string of the molecule is Cc1nc(-c2nc(N)ncc2F)c(C2CCCCC2)[nH]1. The number of nitrogens with zero attached hydrogens (tertiary/aromatic N) is 3. The number of nitrogens with two attached hydrogens (primary N) is 1. The second-order valence-corrected chi connectivity index (χ2v) is 5.34. The summed E-state index contributed by atoms with van der Waals surface area (Å²) in [6, 6.07) is 0. The van der Waals surface area contributed by atoms with E-state index in [1.807, 2.05) is 6.92 Å². The van der Waals surface area contributed by atoms with E-state index in [-0.39, 0.29) is 11.6 Å². The Labute approximate surface area is 116 Å². The van der Waals surface area contributed by atoms with E-state index in [1.165, 1.54) is 19.3 Å². The maximum atomic E-state index is 14.0. The van der Waals surface area contributed by atoms with Crippen molar-refractivity contribution in [3.63, 3.8) is 0 Å². The van der Waals surface area contributed by atoms with E-state index >= 15 is 0 Å². The van der Waals surface area contributed by atoms with Gasteiger partial charge in [-0.15, -0.1) is 0 Å². The molecule has 106 valence electrons. The van der Waals surface area contributed by atoms with Crippen LogP contribution in [0.3, 0.4) is 0 Å². The van der Waals surface area contributed by atoms with Gasteiger partial charge in [0.15, 0.2) is 5.82 Å². The van der Waals surface area contributed by atoms with Gasteiger partial charge >= 0.3 is 0 Å². The third-order valence-corrected chi connectivity index (χ3v) is 3.85. The van der Waals surface area contributed by atoms with Gasteiger partial charge < -0.3 is 10.7 Å². The van der Waals surface area contributed by atoms with Gasteiger partial charge in [0.25, 0.3) is 0 Å². The van der Waals surface area contributed by atoms with Gasteiger partial charge in [-0.3, -0.25) is 0 Å². The van der Waals surface area contributed by atoms with Crippen molar-refractivity contribution in [1.82, 2.24) is 19.9 Å². The zero-order valence-corrected chi connectivity index (χ0v) is 11.5. The predicted octanol–water partition coefficient (Wildman–Crippen LogP) is 2.94. The van der Waals surface area contributed by atoms with Gasteiger partial charge in [-0.1, -0.05) is 19.3 Å². The Balaban J connectivity index is 2.06. The van der Waals surface area contributed by atoms with E-state index in [9.17, 15) is 4.39 Å². The monoisotopic (exact) mass is 275 g/mol. The van der Waals surface area contributed by atoms with E-state index in [4.69, 9.17) is 5.73 Å². The Kier molecular flexibility index (Phi) is 3.38. The van der Waals surface area contributed by atoms with Crippen LogP contribution in [0.25, 0.3) is 11.4 Å². The van der Waals surface area contributed by atoms with Crippen molar-refractivity contribution in [1.29, 1.82) is 0 Å². The lowest BCUT2D eigenvalue weighted by Crippen LogP contribution is -2.07. The molecule has 0 aliphatic heterocycles. The van der Waals surface area contributed by atoms with Crippen molar-refractivity contribution in [3.8, 4) is 11.4 Å². The van der Waals surface area contributed by atoms with Crippen LogP contribution in [0, 0.1) is 12.7 Å². The molecule has 2 aromatic heterocycles. The molecule has 0 saturated heterocycles. The largest absolute Gasteiger partial charge is 0.368 e. The average Bonchev–Trinajstić information content (AvgIpc) is 2.84. The van der Waals surface area contributed by atoms with Gasteiger partial charge in [-0.2, -0.15) is 0 Å². The number of nitrogen functional groups attached to an aromatic ring is 1. The smallest absolute Gasteiger partial charge is 0.220 e. The first-order valence-corrected chi connectivity index (χ1v) is 7.00. The number of H-pyrrole nitrogens is 1. The zero-order chi connectivity index (χ0) is 14.1. The van der Waals surface area contributed by atoms with Gasteiger partial charge in [0, 0.05) is 11.6 Å². The summed E-state index contributed by atoms with van der Waals surface area (Å²) in [4.78, 5) is 15.4. The number of aromatic nitrogens is 4. The molecule has 1 saturated carbocycles. The lowest BCUT2D eigenvalue weighted by molar-refractivity contribution is 0.438. The number of aryl methyl sites for hydroxylation is 1. The van der Waals surface area contributed by atoms with E-state index in [2.05, 4.69) is 19.9 Å². The fourth-order valence-electron chi connectivity index (χ4n) is 2.92. The molecule has 0 radical (unpaired) electrons. The topological polar surface area (TPSA) is 80.5 Å². The van der Waals surface area contributed by atoms with E-state index in [0.29, 0.717) is 11.6 Å². The fraction of sp³-hybridized carbons (Fsp3) is 0.500. The number of imidazole rings is 1. The summed E-state index contributed by atoms with van der Waals surface area (Å²) in [5.41, 5.74) is 7.34. The summed E-state index contributed by atoms with van der Waals surface area (Å²) < 4.78 is 14.0. The highest BCUT2D eigenvalue weighted by Gasteiger charge is 2.24. The number of anilines is 1. The number of hydrogen-bond donors (Lipinski definition) is 2. The summed E-state index contributed by atoms with van der Waals surface area (Å²) in [5.74, 6) is 0.757. The molecule has 1 aliphatic carbocycles. The second-order valence-electron chi connectivity index (χ2n) is 5.34. The molecule has 1 aliphatic rings. The molecule has 20 heavy (non-hydrogen) atoms. The van der Waals surface area contributed by atoms with Crippen LogP contribution < -0.4 is 5.73 Å². The van der Waals surface area contributed by atoms with Crippen LogP contribution >= 0.6 is 0 Å². The van der Waals surface area contributed by atoms with Crippen molar-refractivity contribution >= 4 is 5.95 Å². The first-order valence-electron chi connectivity index (χ1n) is 7.00. The first kappa shape index (κ1) is 13.0. The molecule has 0 aromatic carbocycles. The number of nitrogens with one attached hydrogen (secondary N) is 1. The number of hydrogen-bond acceptors (Lipinski definition) is 4.